The minimum Gasteiger partial charge on any atom is -0.481 e. The van der Waals surface area contributed by atoms with Crippen LogP contribution in [0.25, 0.3) is 0 Å². The average molecular weight is 460 g/mol. The third-order valence-electron chi connectivity index (χ3n) is 4.33. The van der Waals surface area contributed by atoms with Gasteiger partial charge in [-0.15, -0.1) is 0 Å². The fraction of sp³-hybridized carbons (Fsp3) is 0.684. The minimum atomic E-state index is -1.40. The molecular weight excluding hydrogens is 426 g/mol. The molecule has 0 spiro atoms. The van der Waals surface area contributed by atoms with Crippen molar-refractivity contribution in [2.24, 2.45) is 17.4 Å². The van der Waals surface area contributed by atoms with Crippen LogP contribution < -0.4 is 27.4 Å². The van der Waals surface area contributed by atoms with Crippen molar-refractivity contribution in [1.29, 1.82) is 0 Å². The number of carbonyl (C=O) groups excluding carboxylic acids is 4. The molecule has 4 amide bonds. The minimum absolute atomic E-state index is 0.0870. The maximum absolute atomic E-state index is 12.7. The van der Waals surface area contributed by atoms with E-state index in [0.29, 0.717) is 0 Å². The number of aliphatic carboxylic acids is 2. The van der Waals surface area contributed by atoms with Crippen LogP contribution in [0.15, 0.2) is 0 Å². The summed E-state index contributed by atoms with van der Waals surface area (Å²) in [7, 11) is 0. The summed E-state index contributed by atoms with van der Waals surface area (Å²) in [5.41, 5.74) is 10.5. The lowest BCUT2D eigenvalue weighted by Gasteiger charge is -2.25. The topological polar surface area (TPSA) is 231 Å². The van der Waals surface area contributed by atoms with Gasteiger partial charge in [-0.1, -0.05) is 13.8 Å². The molecule has 0 aliphatic heterocycles. The van der Waals surface area contributed by atoms with E-state index in [1.807, 2.05) is 0 Å². The number of carbonyl (C=O) groups is 6. The van der Waals surface area contributed by atoms with E-state index in [0.717, 1.165) is 0 Å². The molecule has 0 aromatic carbocycles. The van der Waals surface area contributed by atoms with E-state index < -0.39 is 66.2 Å². The Bertz CT molecular complexity index is 710. The Morgan fingerprint density at radius 3 is 1.66 bits per heavy atom. The molecule has 0 aromatic heterocycles. The van der Waals surface area contributed by atoms with Crippen molar-refractivity contribution in [1.82, 2.24) is 16.0 Å². The van der Waals surface area contributed by atoms with E-state index in [2.05, 4.69) is 16.0 Å². The number of nitrogens with one attached hydrogen (secondary N) is 3. The van der Waals surface area contributed by atoms with Crippen LogP contribution in [-0.4, -0.2) is 69.9 Å². The molecule has 9 N–H and O–H groups in total. The number of hydrogen-bond acceptors (Lipinski definition) is 7. The lowest BCUT2D eigenvalue weighted by Crippen LogP contribution is -2.57. The number of amides is 4. The Labute approximate surface area is 185 Å². The molecule has 0 radical (unpaired) electrons. The fourth-order valence-electron chi connectivity index (χ4n) is 2.63. The maximum atomic E-state index is 12.7. The van der Waals surface area contributed by atoms with E-state index >= 15 is 0 Å². The van der Waals surface area contributed by atoms with Crippen LogP contribution in [0.4, 0.5) is 0 Å². The van der Waals surface area contributed by atoms with Crippen molar-refractivity contribution < 1.29 is 39.0 Å². The van der Waals surface area contributed by atoms with E-state index in [-0.39, 0.29) is 31.6 Å². The fourth-order valence-corrected chi connectivity index (χ4v) is 2.63. The van der Waals surface area contributed by atoms with Crippen LogP contribution in [0.2, 0.25) is 0 Å². The number of primary amides is 1. The molecule has 0 rings (SSSR count). The summed E-state index contributed by atoms with van der Waals surface area (Å²) in [6.45, 7) is 4.93. The van der Waals surface area contributed by atoms with Gasteiger partial charge in [0.15, 0.2) is 0 Å². The maximum Gasteiger partial charge on any atom is 0.326 e. The van der Waals surface area contributed by atoms with E-state index in [1.54, 1.807) is 13.8 Å². The molecule has 0 bridgehead atoms. The number of carboxylic acids is 2. The normalized spacial score (nSPS) is 14.5. The summed E-state index contributed by atoms with van der Waals surface area (Å²) in [4.78, 5) is 70.5. The molecule has 0 aliphatic carbocycles. The Kier molecular flexibility index (Phi) is 12.6. The van der Waals surface area contributed by atoms with Crippen LogP contribution >= 0.6 is 0 Å². The molecule has 0 saturated heterocycles. The van der Waals surface area contributed by atoms with Crippen LogP contribution in [0.5, 0.6) is 0 Å². The molecule has 13 nitrogen and oxygen atoms in total. The van der Waals surface area contributed by atoms with Gasteiger partial charge >= 0.3 is 11.9 Å². The Hall–Kier alpha value is -3.22. The highest BCUT2D eigenvalue weighted by Gasteiger charge is 2.30. The first kappa shape index (κ1) is 28.8. The molecule has 32 heavy (non-hydrogen) atoms. The van der Waals surface area contributed by atoms with Gasteiger partial charge < -0.3 is 37.6 Å². The van der Waals surface area contributed by atoms with Crippen LogP contribution in [0, 0.1) is 5.92 Å². The number of nitrogens with two attached hydrogens (primary N) is 2. The lowest BCUT2D eigenvalue weighted by molar-refractivity contribution is -0.142. The zero-order valence-electron chi connectivity index (χ0n) is 18.4. The zero-order valence-corrected chi connectivity index (χ0v) is 18.4. The first-order valence-electron chi connectivity index (χ1n) is 10.1. The van der Waals surface area contributed by atoms with Crippen molar-refractivity contribution in [3.63, 3.8) is 0 Å². The second-order valence-electron chi connectivity index (χ2n) is 7.88. The molecule has 0 aromatic rings. The van der Waals surface area contributed by atoms with Gasteiger partial charge in [-0.05, 0) is 32.1 Å². The zero-order chi connectivity index (χ0) is 25.0. The van der Waals surface area contributed by atoms with Crippen molar-refractivity contribution in [3.8, 4) is 0 Å². The second kappa shape index (κ2) is 14.0. The third kappa shape index (κ3) is 11.8. The molecule has 4 unspecified atom stereocenters. The Balaban J connectivity index is 5.47. The molecule has 0 heterocycles. The van der Waals surface area contributed by atoms with Crippen molar-refractivity contribution in [3.05, 3.63) is 0 Å². The number of hydrogen-bond donors (Lipinski definition) is 7. The first-order valence-corrected chi connectivity index (χ1v) is 10.1. The molecule has 182 valence electrons. The van der Waals surface area contributed by atoms with Gasteiger partial charge in [0.2, 0.25) is 23.6 Å². The van der Waals surface area contributed by atoms with Gasteiger partial charge in [-0.3, -0.25) is 24.0 Å². The van der Waals surface area contributed by atoms with E-state index in [1.165, 1.54) is 6.92 Å². The van der Waals surface area contributed by atoms with Crippen molar-refractivity contribution in [2.45, 2.75) is 77.0 Å². The smallest absolute Gasteiger partial charge is 0.326 e. The van der Waals surface area contributed by atoms with Crippen molar-refractivity contribution >= 4 is 35.6 Å². The highest BCUT2D eigenvalue weighted by atomic mass is 16.4. The monoisotopic (exact) mass is 459 g/mol. The quantitative estimate of drug-likeness (QED) is 0.144. The summed E-state index contributed by atoms with van der Waals surface area (Å²) in [6, 6.07) is -4.79. The molecule has 13 heteroatoms. The van der Waals surface area contributed by atoms with Crippen LogP contribution in [0.3, 0.4) is 0 Å². The SMILES string of the molecule is CC(C)CC(NC(=O)C(CCC(=O)O)NC(=O)C(C)N)C(=O)NC(CCC(N)=O)C(=O)O. The van der Waals surface area contributed by atoms with E-state index in [4.69, 9.17) is 16.6 Å². The Morgan fingerprint density at radius 1 is 0.750 bits per heavy atom. The summed E-state index contributed by atoms with van der Waals surface area (Å²) in [5.74, 6) is -5.69. The lowest BCUT2D eigenvalue weighted by atomic mass is 10.0. The summed E-state index contributed by atoms with van der Waals surface area (Å²) >= 11 is 0. The largest absolute Gasteiger partial charge is 0.481 e. The summed E-state index contributed by atoms with van der Waals surface area (Å²) in [5, 5.41) is 25.2. The van der Waals surface area contributed by atoms with Gasteiger partial charge in [-0.25, -0.2) is 4.79 Å². The molecular formula is C19H33N5O8. The van der Waals surface area contributed by atoms with Crippen LogP contribution in [0.1, 0.15) is 52.9 Å². The molecule has 4 atom stereocenters. The Morgan fingerprint density at radius 2 is 1.22 bits per heavy atom. The van der Waals surface area contributed by atoms with Gasteiger partial charge in [0.25, 0.3) is 0 Å². The average Bonchev–Trinajstić information content (AvgIpc) is 2.66. The number of carboxylic acid groups (broad SMARTS) is 2. The predicted molar refractivity (Wildman–Crippen MR) is 112 cm³/mol. The molecule has 0 fully saturated rings. The predicted octanol–water partition coefficient (Wildman–Crippen LogP) is -1.95. The standard InChI is InChI=1S/C19H33N5O8/c1-9(2)8-13(18(30)23-12(19(31)32)4-6-14(21)25)24-17(29)11(5-7-15(26)27)22-16(28)10(3)20/h9-13H,4-8,20H2,1-3H3,(H2,21,25)(H,22,28)(H,23,30)(H,24,29)(H,26,27)(H,31,32). The van der Waals surface area contributed by atoms with Crippen LogP contribution in [-0.2, 0) is 28.8 Å². The summed E-state index contributed by atoms with van der Waals surface area (Å²) < 4.78 is 0. The second-order valence-corrected chi connectivity index (χ2v) is 7.88. The van der Waals surface area contributed by atoms with Gasteiger partial charge in [0.1, 0.15) is 18.1 Å². The molecule has 0 aliphatic rings. The summed E-state index contributed by atoms with van der Waals surface area (Å²) in [6.07, 6.45) is -1.03. The van der Waals surface area contributed by atoms with Gasteiger partial charge in [-0.2, -0.15) is 0 Å². The number of rotatable bonds is 15. The highest BCUT2D eigenvalue weighted by Crippen LogP contribution is 2.08. The van der Waals surface area contributed by atoms with Gasteiger partial charge in [0, 0.05) is 12.8 Å². The van der Waals surface area contributed by atoms with E-state index in [9.17, 15) is 33.9 Å². The third-order valence-corrected chi connectivity index (χ3v) is 4.33. The highest BCUT2D eigenvalue weighted by molar-refractivity contribution is 5.94. The van der Waals surface area contributed by atoms with Crippen molar-refractivity contribution in [2.75, 3.05) is 0 Å². The molecule has 0 saturated carbocycles. The van der Waals surface area contributed by atoms with Gasteiger partial charge in [0.05, 0.1) is 6.04 Å². The first-order chi connectivity index (χ1) is 14.7.